The average Bonchev–Trinajstić information content (AvgIpc) is 3.11. The fourth-order valence-corrected chi connectivity index (χ4v) is 5.92. The second kappa shape index (κ2) is 5.81. The standard InChI is InChI=1S/C19H32NO3.HI/c1-6-20(4,5)11-13-15-8-7-12(2)14-9-10-18(3)17(23-18)19(14,15)22-16(13)21;/h12-15,17H,6-11H2,1-5H3;1H/q+1;/p-1/t12-,13?,14+,15+,17-,18-,19-;/m1./s1. The van der Waals surface area contributed by atoms with Gasteiger partial charge in [-0.3, -0.25) is 4.79 Å². The topological polar surface area (TPSA) is 38.8 Å². The summed E-state index contributed by atoms with van der Waals surface area (Å²) in [6, 6.07) is 0. The molecule has 0 N–H and O–H groups in total. The fraction of sp³-hybridized carbons (Fsp3) is 0.947. The van der Waals surface area contributed by atoms with Crippen molar-refractivity contribution < 1.29 is 42.7 Å². The summed E-state index contributed by atoms with van der Waals surface area (Å²) in [5.74, 6) is 1.58. The largest absolute Gasteiger partial charge is 1.00 e. The van der Waals surface area contributed by atoms with Gasteiger partial charge in [0, 0.05) is 11.8 Å². The monoisotopic (exact) mass is 449 g/mol. The van der Waals surface area contributed by atoms with Crippen LogP contribution in [0.15, 0.2) is 0 Å². The molecule has 2 heterocycles. The van der Waals surface area contributed by atoms with Gasteiger partial charge >= 0.3 is 5.97 Å². The second-order valence-corrected chi connectivity index (χ2v) is 9.43. The summed E-state index contributed by atoms with van der Waals surface area (Å²) in [6.07, 6.45) is 4.77. The number of esters is 1. The van der Waals surface area contributed by atoms with Crippen molar-refractivity contribution in [2.75, 3.05) is 27.2 Å². The molecule has 24 heavy (non-hydrogen) atoms. The van der Waals surface area contributed by atoms with Gasteiger partial charge in [0.2, 0.25) is 0 Å². The Bertz CT molecular complexity index is 539. The van der Waals surface area contributed by atoms with Gasteiger partial charge in [-0.05, 0) is 45.4 Å². The molecule has 2 aliphatic carbocycles. The van der Waals surface area contributed by atoms with Gasteiger partial charge in [-0.15, -0.1) is 0 Å². The summed E-state index contributed by atoms with van der Waals surface area (Å²) in [6.45, 7) is 8.70. The normalized spacial score (nSPS) is 49.4. The Morgan fingerprint density at radius 2 is 1.92 bits per heavy atom. The lowest BCUT2D eigenvalue weighted by atomic mass is 9.55. The van der Waals surface area contributed by atoms with Crippen LogP contribution in [-0.4, -0.2) is 54.9 Å². The van der Waals surface area contributed by atoms with E-state index in [1.807, 2.05) is 0 Å². The van der Waals surface area contributed by atoms with Crippen molar-refractivity contribution in [1.29, 1.82) is 0 Å². The summed E-state index contributed by atoms with van der Waals surface area (Å²) >= 11 is 0. The number of hydrogen-bond donors (Lipinski definition) is 0. The second-order valence-electron chi connectivity index (χ2n) is 9.43. The van der Waals surface area contributed by atoms with Crippen molar-refractivity contribution >= 4 is 5.97 Å². The summed E-state index contributed by atoms with van der Waals surface area (Å²) in [5, 5.41) is 0. The van der Waals surface area contributed by atoms with E-state index in [-0.39, 0.29) is 53.2 Å². The van der Waals surface area contributed by atoms with E-state index in [9.17, 15) is 4.79 Å². The van der Waals surface area contributed by atoms with Crippen LogP contribution in [0.2, 0.25) is 0 Å². The van der Waals surface area contributed by atoms with E-state index in [0.29, 0.717) is 17.8 Å². The molecular weight excluding hydrogens is 417 g/mol. The van der Waals surface area contributed by atoms with E-state index in [1.54, 1.807) is 0 Å². The van der Waals surface area contributed by atoms with Crippen molar-refractivity contribution in [3.05, 3.63) is 0 Å². The quantitative estimate of drug-likeness (QED) is 0.255. The van der Waals surface area contributed by atoms with Gasteiger partial charge in [0.15, 0.2) is 0 Å². The van der Waals surface area contributed by atoms with Gasteiger partial charge < -0.3 is 37.9 Å². The van der Waals surface area contributed by atoms with Crippen LogP contribution in [-0.2, 0) is 14.3 Å². The molecule has 2 saturated carbocycles. The summed E-state index contributed by atoms with van der Waals surface area (Å²) in [7, 11) is 4.44. The Hall–Kier alpha value is 0.120. The number of nitrogens with zero attached hydrogens (tertiary/aromatic N) is 1. The number of carbonyl (C=O) groups is 1. The van der Waals surface area contributed by atoms with E-state index in [0.717, 1.165) is 36.8 Å². The van der Waals surface area contributed by atoms with E-state index in [1.165, 1.54) is 6.42 Å². The van der Waals surface area contributed by atoms with Crippen molar-refractivity contribution in [3.8, 4) is 0 Å². The van der Waals surface area contributed by atoms with E-state index < -0.39 is 0 Å². The van der Waals surface area contributed by atoms with E-state index in [4.69, 9.17) is 9.47 Å². The summed E-state index contributed by atoms with van der Waals surface area (Å²) in [4.78, 5) is 12.9. The maximum Gasteiger partial charge on any atom is 0.315 e. The lowest BCUT2D eigenvalue weighted by molar-refractivity contribution is -0.891. The molecule has 5 heteroatoms. The Morgan fingerprint density at radius 1 is 1.21 bits per heavy atom. The number of fused-ring (bicyclic) bond motifs is 1. The van der Waals surface area contributed by atoms with Gasteiger partial charge in [-0.1, -0.05) is 6.92 Å². The summed E-state index contributed by atoms with van der Waals surface area (Å²) in [5.41, 5.74) is -0.351. The van der Waals surface area contributed by atoms with Crippen molar-refractivity contribution in [2.24, 2.45) is 23.7 Å². The number of rotatable bonds is 3. The maximum absolute atomic E-state index is 12.9. The highest BCUT2D eigenvalue weighted by Crippen LogP contribution is 2.66. The smallest absolute Gasteiger partial charge is 0.315 e. The minimum absolute atomic E-state index is 0. The van der Waals surface area contributed by atoms with Gasteiger partial charge in [-0.25, -0.2) is 0 Å². The lowest BCUT2D eigenvalue weighted by Gasteiger charge is -2.50. The molecule has 4 rings (SSSR count). The van der Waals surface area contributed by atoms with Gasteiger partial charge in [0.25, 0.3) is 0 Å². The Labute approximate surface area is 163 Å². The summed E-state index contributed by atoms with van der Waals surface area (Å²) < 4.78 is 13.3. The molecule has 7 atom stereocenters. The highest BCUT2D eigenvalue weighted by molar-refractivity contribution is 5.77. The number of hydrogen-bond acceptors (Lipinski definition) is 3. The highest BCUT2D eigenvalue weighted by Gasteiger charge is 2.77. The number of quaternary nitrogens is 1. The first-order valence-corrected chi connectivity index (χ1v) is 9.46. The molecule has 1 unspecified atom stereocenters. The van der Waals surface area contributed by atoms with Crippen LogP contribution in [0, 0.1) is 23.7 Å². The molecule has 0 aromatic carbocycles. The van der Waals surface area contributed by atoms with Crippen molar-refractivity contribution in [3.63, 3.8) is 0 Å². The van der Waals surface area contributed by atoms with Crippen LogP contribution in [0.4, 0.5) is 0 Å². The van der Waals surface area contributed by atoms with Gasteiger partial charge in [0.1, 0.15) is 17.6 Å². The van der Waals surface area contributed by atoms with Crippen LogP contribution >= 0.6 is 0 Å². The minimum atomic E-state index is -0.319. The molecule has 0 aromatic heterocycles. The third kappa shape index (κ3) is 2.48. The molecule has 4 fully saturated rings. The van der Waals surface area contributed by atoms with Crippen LogP contribution in [0.25, 0.3) is 0 Å². The molecule has 0 radical (unpaired) electrons. The van der Waals surface area contributed by atoms with Gasteiger partial charge in [-0.2, -0.15) is 0 Å². The number of epoxide rings is 1. The molecule has 0 bridgehead atoms. The van der Waals surface area contributed by atoms with Crippen molar-refractivity contribution in [2.45, 2.75) is 63.8 Å². The van der Waals surface area contributed by atoms with Crippen LogP contribution in [0.1, 0.15) is 46.5 Å². The zero-order chi connectivity index (χ0) is 16.6. The lowest BCUT2D eigenvalue weighted by Crippen LogP contribution is -3.00. The predicted molar refractivity (Wildman–Crippen MR) is 87.7 cm³/mol. The highest BCUT2D eigenvalue weighted by atomic mass is 127. The predicted octanol–water partition coefficient (Wildman–Crippen LogP) is -0.388. The maximum atomic E-state index is 12.9. The molecule has 4 aliphatic rings. The molecule has 1 spiro atoms. The fourth-order valence-electron chi connectivity index (χ4n) is 5.92. The first kappa shape index (κ1) is 18.9. The molecule has 2 aliphatic heterocycles. The van der Waals surface area contributed by atoms with Crippen LogP contribution in [0.3, 0.4) is 0 Å². The number of carbonyl (C=O) groups excluding carboxylic acids is 1. The number of ether oxygens (including phenoxy) is 2. The average molecular weight is 449 g/mol. The van der Waals surface area contributed by atoms with Crippen LogP contribution < -0.4 is 24.0 Å². The third-order valence-electron chi connectivity index (χ3n) is 7.64. The Kier molecular flexibility index (Phi) is 4.58. The van der Waals surface area contributed by atoms with Crippen LogP contribution in [0.5, 0.6) is 0 Å². The third-order valence-corrected chi connectivity index (χ3v) is 7.64. The molecule has 0 aromatic rings. The zero-order valence-electron chi connectivity index (χ0n) is 15.7. The zero-order valence-corrected chi connectivity index (χ0v) is 17.8. The van der Waals surface area contributed by atoms with E-state index in [2.05, 4.69) is 34.9 Å². The molecule has 0 amide bonds. The first-order chi connectivity index (χ1) is 10.7. The van der Waals surface area contributed by atoms with E-state index >= 15 is 0 Å². The Balaban J connectivity index is 0.00000169. The number of halogens is 1. The first-order valence-electron chi connectivity index (χ1n) is 9.46. The minimum Gasteiger partial charge on any atom is -1.00 e. The van der Waals surface area contributed by atoms with Gasteiger partial charge in [0.05, 0.1) is 32.8 Å². The Morgan fingerprint density at radius 3 is 2.58 bits per heavy atom. The molecule has 2 saturated heterocycles. The SMILES string of the molecule is CC[N+](C)(C)CC1C(=O)O[C@@]23[C@H]1CC[C@@H](C)[C@@H]2CC[C@@]1(C)O[C@@H]31.[I-]. The van der Waals surface area contributed by atoms with Crippen molar-refractivity contribution in [1.82, 2.24) is 0 Å². The molecule has 138 valence electrons. The molecular formula is C19H32INO3. The molecule has 4 nitrogen and oxygen atoms in total.